The zero-order valence-electron chi connectivity index (χ0n) is 7.44. The molecular formula is C8H8BrClO4S. The number of ether oxygens (including phenoxy) is 1. The first kappa shape index (κ1) is 12.9. The molecule has 1 aromatic heterocycles. The van der Waals surface area contributed by atoms with E-state index in [4.69, 9.17) is 21.4 Å². The molecule has 4 nitrogen and oxygen atoms in total. The number of thiophene rings is 1. The van der Waals surface area contributed by atoms with Crippen LogP contribution in [0.1, 0.15) is 11.0 Å². The minimum atomic E-state index is -1.06. The Morgan fingerprint density at radius 2 is 2.40 bits per heavy atom. The smallest absolute Gasteiger partial charge is 0.329 e. The molecule has 0 fully saturated rings. The van der Waals surface area contributed by atoms with Crippen molar-refractivity contribution in [2.75, 3.05) is 13.2 Å². The van der Waals surface area contributed by atoms with Crippen molar-refractivity contribution in [3.05, 3.63) is 19.8 Å². The molecule has 0 aromatic carbocycles. The van der Waals surface area contributed by atoms with E-state index < -0.39 is 18.7 Å². The van der Waals surface area contributed by atoms with Gasteiger partial charge in [0.1, 0.15) is 12.7 Å². The first-order valence-corrected chi connectivity index (χ1v) is 5.91. The lowest BCUT2D eigenvalue weighted by molar-refractivity contribution is -0.143. The molecule has 0 aliphatic rings. The minimum Gasteiger partial charge on any atom is -0.480 e. The van der Waals surface area contributed by atoms with E-state index in [0.717, 1.165) is 3.79 Å². The highest BCUT2D eigenvalue weighted by Gasteiger charge is 2.13. The van der Waals surface area contributed by atoms with Gasteiger partial charge in [-0.1, -0.05) is 11.6 Å². The molecule has 0 aliphatic carbocycles. The number of carbonyl (C=O) groups is 1. The molecule has 84 valence electrons. The largest absolute Gasteiger partial charge is 0.480 e. The van der Waals surface area contributed by atoms with Crippen molar-refractivity contribution < 1.29 is 19.7 Å². The van der Waals surface area contributed by atoms with E-state index in [0.29, 0.717) is 9.90 Å². The van der Waals surface area contributed by atoms with E-state index >= 15 is 0 Å². The summed E-state index contributed by atoms with van der Waals surface area (Å²) in [5.41, 5.74) is 0. The van der Waals surface area contributed by atoms with Gasteiger partial charge in [0.2, 0.25) is 0 Å². The highest BCUT2D eigenvalue weighted by Crippen LogP contribution is 2.35. The van der Waals surface area contributed by atoms with Crippen molar-refractivity contribution in [3.8, 4) is 0 Å². The van der Waals surface area contributed by atoms with Crippen molar-refractivity contribution in [1.82, 2.24) is 0 Å². The van der Waals surface area contributed by atoms with Crippen LogP contribution in [0.25, 0.3) is 0 Å². The highest BCUT2D eigenvalue weighted by atomic mass is 79.9. The number of hydrogen-bond donors (Lipinski definition) is 2. The summed E-state index contributed by atoms with van der Waals surface area (Å²) in [4.78, 5) is 10.8. The normalized spacial score (nSPS) is 12.7. The Kier molecular flexibility index (Phi) is 5.01. The molecule has 1 unspecified atom stereocenters. The predicted octanol–water partition coefficient (Wildman–Crippen LogP) is 2.30. The van der Waals surface area contributed by atoms with Crippen molar-refractivity contribution in [2.24, 2.45) is 0 Å². The average Bonchev–Trinajstić information content (AvgIpc) is 2.46. The first-order chi connectivity index (χ1) is 7.00. The Morgan fingerprint density at radius 1 is 1.73 bits per heavy atom. The summed E-state index contributed by atoms with van der Waals surface area (Å²) in [5.74, 6) is -1.06. The second-order valence-corrected chi connectivity index (χ2v) is 5.50. The number of aliphatic hydroxyl groups excluding tert-OH is 1. The third-order valence-corrected chi connectivity index (χ3v) is 4.07. The lowest BCUT2D eigenvalue weighted by Crippen LogP contribution is -2.12. The van der Waals surface area contributed by atoms with E-state index in [-0.39, 0.29) is 6.61 Å². The van der Waals surface area contributed by atoms with Crippen molar-refractivity contribution in [2.45, 2.75) is 6.10 Å². The molecule has 0 saturated carbocycles. The summed E-state index contributed by atoms with van der Waals surface area (Å²) in [7, 11) is 0. The quantitative estimate of drug-likeness (QED) is 0.875. The van der Waals surface area contributed by atoms with Gasteiger partial charge in [-0.05, 0) is 22.0 Å². The van der Waals surface area contributed by atoms with Gasteiger partial charge in [0.15, 0.2) is 0 Å². The van der Waals surface area contributed by atoms with Crippen LogP contribution in [0, 0.1) is 0 Å². The Labute approximate surface area is 104 Å². The van der Waals surface area contributed by atoms with Crippen LogP contribution in [0.15, 0.2) is 9.85 Å². The van der Waals surface area contributed by atoms with Gasteiger partial charge >= 0.3 is 5.97 Å². The van der Waals surface area contributed by atoms with Gasteiger partial charge in [0.05, 0.1) is 15.4 Å². The van der Waals surface area contributed by atoms with Crippen LogP contribution in [0.2, 0.25) is 5.02 Å². The zero-order chi connectivity index (χ0) is 11.4. The van der Waals surface area contributed by atoms with Gasteiger partial charge in [-0.25, -0.2) is 4.79 Å². The predicted molar refractivity (Wildman–Crippen MR) is 60.4 cm³/mol. The summed E-state index contributed by atoms with van der Waals surface area (Å²) >= 11 is 10.3. The summed E-state index contributed by atoms with van der Waals surface area (Å²) in [6, 6.07) is 1.62. The zero-order valence-corrected chi connectivity index (χ0v) is 10.6. The maximum Gasteiger partial charge on any atom is 0.329 e. The maximum absolute atomic E-state index is 10.1. The molecule has 0 radical (unpaired) electrons. The van der Waals surface area contributed by atoms with Crippen LogP contribution in [-0.4, -0.2) is 29.4 Å². The third kappa shape index (κ3) is 4.08. The number of carboxylic acid groups (broad SMARTS) is 1. The molecule has 0 spiro atoms. The monoisotopic (exact) mass is 314 g/mol. The number of halogens is 2. The number of aliphatic hydroxyl groups is 1. The van der Waals surface area contributed by atoms with Gasteiger partial charge in [-0.3, -0.25) is 0 Å². The van der Waals surface area contributed by atoms with E-state index in [2.05, 4.69) is 15.9 Å². The van der Waals surface area contributed by atoms with E-state index in [1.54, 1.807) is 6.07 Å². The van der Waals surface area contributed by atoms with Crippen molar-refractivity contribution >= 4 is 44.8 Å². The first-order valence-electron chi connectivity index (χ1n) is 3.93. The summed E-state index contributed by atoms with van der Waals surface area (Å²) in [6.07, 6.45) is -0.849. The van der Waals surface area contributed by atoms with Gasteiger partial charge in [0.25, 0.3) is 0 Å². The molecule has 1 atom stereocenters. The summed E-state index contributed by atoms with van der Waals surface area (Å²) in [6.45, 7) is -0.479. The number of rotatable bonds is 5. The molecule has 0 aliphatic heterocycles. The van der Waals surface area contributed by atoms with Crippen LogP contribution in [0.5, 0.6) is 0 Å². The molecule has 7 heteroatoms. The molecule has 0 amide bonds. The second-order valence-electron chi connectivity index (χ2n) is 2.70. The summed E-state index contributed by atoms with van der Waals surface area (Å²) in [5, 5.41) is 18.4. The van der Waals surface area contributed by atoms with Crippen LogP contribution >= 0.6 is 38.9 Å². The van der Waals surface area contributed by atoms with Gasteiger partial charge in [0, 0.05) is 4.88 Å². The molecule has 1 heterocycles. The highest BCUT2D eigenvalue weighted by molar-refractivity contribution is 9.11. The molecule has 0 saturated heterocycles. The van der Waals surface area contributed by atoms with Gasteiger partial charge in [-0.15, -0.1) is 11.3 Å². The lowest BCUT2D eigenvalue weighted by Gasteiger charge is -2.07. The topological polar surface area (TPSA) is 66.8 Å². The SMILES string of the molecule is O=C(O)COCC(O)c1cc(Cl)c(Br)s1. The Morgan fingerprint density at radius 3 is 2.87 bits per heavy atom. The van der Waals surface area contributed by atoms with Gasteiger partial charge in [-0.2, -0.15) is 0 Å². The average molecular weight is 316 g/mol. The molecule has 0 bridgehead atoms. The van der Waals surface area contributed by atoms with Crippen LogP contribution in [-0.2, 0) is 9.53 Å². The molecule has 2 N–H and O–H groups in total. The van der Waals surface area contributed by atoms with E-state index in [9.17, 15) is 9.90 Å². The molecule has 1 aromatic rings. The lowest BCUT2D eigenvalue weighted by atomic mass is 10.3. The summed E-state index contributed by atoms with van der Waals surface area (Å²) < 4.78 is 5.49. The van der Waals surface area contributed by atoms with E-state index in [1.807, 2.05) is 0 Å². The van der Waals surface area contributed by atoms with Crippen molar-refractivity contribution in [1.29, 1.82) is 0 Å². The Balaban J connectivity index is 2.46. The Hall–Kier alpha value is -0.140. The fraction of sp³-hybridized carbons (Fsp3) is 0.375. The number of carboxylic acids is 1. The number of aliphatic carboxylic acids is 1. The fourth-order valence-electron chi connectivity index (χ4n) is 0.868. The Bertz CT molecular complexity index is 335. The van der Waals surface area contributed by atoms with Crippen LogP contribution in [0.3, 0.4) is 0 Å². The third-order valence-electron chi connectivity index (χ3n) is 1.49. The number of hydrogen-bond acceptors (Lipinski definition) is 4. The fourth-order valence-corrected chi connectivity index (χ4v) is 2.58. The van der Waals surface area contributed by atoms with Crippen molar-refractivity contribution in [3.63, 3.8) is 0 Å². The van der Waals surface area contributed by atoms with Crippen LogP contribution < -0.4 is 0 Å². The standard InChI is InChI=1S/C8H8BrClO4S/c9-8-4(10)1-6(15-8)5(11)2-14-3-7(12)13/h1,5,11H,2-3H2,(H,12,13). The second kappa shape index (κ2) is 5.81. The molecule has 15 heavy (non-hydrogen) atoms. The van der Waals surface area contributed by atoms with E-state index in [1.165, 1.54) is 11.3 Å². The minimum absolute atomic E-state index is 0.0599. The van der Waals surface area contributed by atoms with Gasteiger partial charge < -0.3 is 14.9 Å². The molecule has 1 rings (SSSR count). The maximum atomic E-state index is 10.1. The molecular weight excluding hydrogens is 308 g/mol. The van der Waals surface area contributed by atoms with Crippen LogP contribution in [0.4, 0.5) is 0 Å².